The molecule has 1 fully saturated rings. The van der Waals surface area contributed by atoms with Gasteiger partial charge in [0.1, 0.15) is 24.2 Å². The Balaban J connectivity index is 1.43. The molecule has 2 aliphatic rings. The van der Waals surface area contributed by atoms with Gasteiger partial charge in [-0.05, 0) is 61.8 Å². The van der Waals surface area contributed by atoms with Crippen molar-refractivity contribution in [1.29, 1.82) is 0 Å². The van der Waals surface area contributed by atoms with Gasteiger partial charge in [-0.2, -0.15) is 0 Å². The Kier molecular flexibility index (Phi) is 10.7. The first-order chi connectivity index (χ1) is 21.8. The van der Waals surface area contributed by atoms with E-state index in [1.807, 2.05) is 50.2 Å². The zero-order valence-corrected chi connectivity index (χ0v) is 27.5. The summed E-state index contributed by atoms with van der Waals surface area (Å²) in [4.78, 5) is 67.7. The number of fused-ring (bicyclic) bond motifs is 3. The van der Waals surface area contributed by atoms with Crippen molar-refractivity contribution in [2.45, 2.75) is 89.9 Å². The summed E-state index contributed by atoms with van der Waals surface area (Å²) in [7, 11) is 1.53. The molecule has 4 amide bonds. The van der Waals surface area contributed by atoms with E-state index in [9.17, 15) is 24.0 Å². The maximum atomic E-state index is 13.8. The van der Waals surface area contributed by atoms with Crippen LogP contribution in [0.3, 0.4) is 0 Å². The fourth-order valence-corrected chi connectivity index (χ4v) is 6.58. The molecule has 0 radical (unpaired) electrons. The van der Waals surface area contributed by atoms with E-state index in [4.69, 9.17) is 9.84 Å². The van der Waals surface area contributed by atoms with Crippen LogP contribution in [0.15, 0.2) is 48.5 Å². The first-order valence-corrected chi connectivity index (χ1v) is 16.0. The standard InChI is InChI=1S/C35H46N4O7/c1-7-21(2)30(38(6)34(45)46-20-27-25-15-10-8-13-23(25)24-14-9-11-16-26(24)27)32(43)37-35(4,5)33(44)39-18-12-17-28(39)31(42)36-22(3)19-29(40)41/h8-11,13-16,21-22,27-28,30H,7,12,17-20H2,1-6H3,(H,36,42)(H,37,43)(H,40,41)/t21-,22+,28-,30-/m0/s1. The van der Waals surface area contributed by atoms with Gasteiger partial charge in [0, 0.05) is 25.6 Å². The van der Waals surface area contributed by atoms with E-state index < -0.39 is 53.4 Å². The number of carbonyl (C=O) groups excluding carboxylic acids is 4. The highest BCUT2D eigenvalue weighted by molar-refractivity contribution is 5.96. The molecule has 1 aliphatic carbocycles. The molecular formula is C35H46N4O7. The number of hydrogen-bond acceptors (Lipinski definition) is 6. The fourth-order valence-electron chi connectivity index (χ4n) is 6.58. The zero-order chi connectivity index (χ0) is 33.8. The van der Waals surface area contributed by atoms with E-state index >= 15 is 0 Å². The molecule has 0 unspecified atom stereocenters. The van der Waals surface area contributed by atoms with Gasteiger partial charge in [-0.25, -0.2) is 4.79 Å². The van der Waals surface area contributed by atoms with E-state index in [2.05, 4.69) is 22.8 Å². The predicted molar refractivity (Wildman–Crippen MR) is 173 cm³/mol. The lowest BCUT2D eigenvalue weighted by molar-refractivity contribution is -0.146. The minimum atomic E-state index is -1.39. The van der Waals surface area contributed by atoms with Crippen molar-refractivity contribution in [2.24, 2.45) is 5.92 Å². The van der Waals surface area contributed by atoms with Crippen LogP contribution in [0.5, 0.6) is 0 Å². The number of nitrogens with one attached hydrogen (secondary N) is 2. The summed E-state index contributed by atoms with van der Waals surface area (Å²) in [5, 5.41) is 14.6. The minimum Gasteiger partial charge on any atom is -0.481 e. The van der Waals surface area contributed by atoms with Crippen molar-refractivity contribution in [3.8, 4) is 11.1 Å². The van der Waals surface area contributed by atoms with Crippen molar-refractivity contribution < 1.29 is 33.8 Å². The molecule has 3 N–H and O–H groups in total. The summed E-state index contributed by atoms with van der Waals surface area (Å²) in [5.41, 5.74) is 3.01. The van der Waals surface area contributed by atoms with Crippen LogP contribution in [0.1, 0.15) is 77.3 Å². The number of aliphatic carboxylic acids is 1. The van der Waals surface area contributed by atoms with Crippen LogP contribution >= 0.6 is 0 Å². The summed E-state index contributed by atoms with van der Waals surface area (Å²) < 4.78 is 5.83. The van der Waals surface area contributed by atoms with Crippen molar-refractivity contribution in [3.05, 3.63) is 59.7 Å². The molecule has 1 aliphatic heterocycles. The van der Waals surface area contributed by atoms with Crippen LogP contribution in [0.25, 0.3) is 11.1 Å². The summed E-state index contributed by atoms with van der Waals surface area (Å²) in [5.74, 6) is -2.77. The number of carboxylic acids is 1. The van der Waals surface area contributed by atoms with Crippen LogP contribution in [0.4, 0.5) is 4.79 Å². The van der Waals surface area contributed by atoms with Crippen molar-refractivity contribution in [3.63, 3.8) is 0 Å². The number of nitrogens with zero attached hydrogens (tertiary/aromatic N) is 2. The second-order valence-corrected chi connectivity index (χ2v) is 13.0. The monoisotopic (exact) mass is 634 g/mol. The van der Waals surface area contributed by atoms with Gasteiger partial charge in [0.15, 0.2) is 0 Å². The SMILES string of the molecule is CC[C@H](C)[C@@H](C(=O)NC(C)(C)C(=O)N1CCC[C@H]1C(=O)N[C@H](C)CC(=O)O)N(C)C(=O)OCC1c2ccccc2-c2ccccc21. The molecule has 248 valence electrons. The van der Waals surface area contributed by atoms with Crippen LogP contribution in [0.2, 0.25) is 0 Å². The molecule has 0 saturated carbocycles. The maximum absolute atomic E-state index is 13.8. The van der Waals surface area contributed by atoms with E-state index in [-0.39, 0.29) is 24.9 Å². The normalized spacial score (nSPS) is 17.7. The summed E-state index contributed by atoms with van der Waals surface area (Å²) in [6, 6.07) is 13.8. The van der Waals surface area contributed by atoms with Crippen LogP contribution in [0, 0.1) is 5.92 Å². The van der Waals surface area contributed by atoms with Crippen molar-refractivity contribution in [2.75, 3.05) is 20.2 Å². The van der Waals surface area contributed by atoms with Crippen molar-refractivity contribution >= 4 is 29.8 Å². The maximum Gasteiger partial charge on any atom is 0.410 e. The molecule has 4 rings (SSSR count). The molecule has 2 aromatic rings. The van der Waals surface area contributed by atoms with Gasteiger partial charge < -0.3 is 25.4 Å². The number of benzene rings is 2. The summed E-state index contributed by atoms with van der Waals surface area (Å²) >= 11 is 0. The third-order valence-electron chi connectivity index (χ3n) is 9.15. The Morgan fingerprint density at radius 2 is 1.61 bits per heavy atom. The second kappa shape index (κ2) is 14.3. The Morgan fingerprint density at radius 1 is 1.02 bits per heavy atom. The molecule has 0 bridgehead atoms. The zero-order valence-electron chi connectivity index (χ0n) is 27.5. The highest BCUT2D eigenvalue weighted by Gasteiger charge is 2.44. The van der Waals surface area contributed by atoms with Gasteiger partial charge in [-0.3, -0.25) is 24.1 Å². The lowest BCUT2D eigenvalue weighted by Gasteiger charge is -2.37. The average molecular weight is 635 g/mol. The highest BCUT2D eigenvalue weighted by Crippen LogP contribution is 2.44. The summed E-state index contributed by atoms with van der Waals surface area (Å²) in [6.45, 7) is 8.98. The molecular weight excluding hydrogens is 588 g/mol. The molecule has 11 heteroatoms. The average Bonchev–Trinajstić information content (AvgIpc) is 3.62. The number of ether oxygens (including phenoxy) is 1. The van der Waals surface area contributed by atoms with E-state index in [1.165, 1.54) is 16.8 Å². The van der Waals surface area contributed by atoms with Gasteiger partial charge in [-0.15, -0.1) is 0 Å². The topological polar surface area (TPSA) is 145 Å². The largest absolute Gasteiger partial charge is 0.481 e. The van der Waals surface area contributed by atoms with Crippen LogP contribution in [-0.2, 0) is 23.9 Å². The number of rotatable bonds is 12. The Hall–Kier alpha value is -4.41. The smallest absolute Gasteiger partial charge is 0.410 e. The third-order valence-corrected chi connectivity index (χ3v) is 9.15. The Labute approximate surface area is 270 Å². The predicted octanol–water partition coefficient (Wildman–Crippen LogP) is 4.15. The molecule has 0 aromatic heterocycles. The van der Waals surface area contributed by atoms with Crippen LogP contribution in [-0.4, -0.2) is 88.6 Å². The molecule has 46 heavy (non-hydrogen) atoms. The highest BCUT2D eigenvalue weighted by atomic mass is 16.6. The number of carboxylic acid groups (broad SMARTS) is 1. The quantitative estimate of drug-likeness (QED) is 0.318. The number of hydrogen-bond donors (Lipinski definition) is 3. The van der Waals surface area contributed by atoms with Crippen molar-refractivity contribution in [1.82, 2.24) is 20.4 Å². The molecule has 0 spiro atoms. The molecule has 1 saturated heterocycles. The molecule has 1 heterocycles. The number of carbonyl (C=O) groups is 5. The lowest BCUT2D eigenvalue weighted by Crippen LogP contribution is -2.62. The fraction of sp³-hybridized carbons (Fsp3) is 0.514. The van der Waals surface area contributed by atoms with E-state index in [1.54, 1.807) is 20.8 Å². The van der Waals surface area contributed by atoms with Gasteiger partial charge in [0.2, 0.25) is 17.7 Å². The summed E-state index contributed by atoms with van der Waals surface area (Å²) in [6.07, 6.45) is 0.749. The van der Waals surface area contributed by atoms with Crippen LogP contribution < -0.4 is 10.6 Å². The Bertz CT molecular complexity index is 1430. The lowest BCUT2D eigenvalue weighted by atomic mass is 9.95. The van der Waals surface area contributed by atoms with Gasteiger partial charge in [0.05, 0.1) is 6.42 Å². The van der Waals surface area contributed by atoms with Gasteiger partial charge in [0.25, 0.3) is 0 Å². The van der Waals surface area contributed by atoms with Gasteiger partial charge in [-0.1, -0.05) is 68.8 Å². The minimum absolute atomic E-state index is 0.111. The molecule has 4 atom stereocenters. The Morgan fingerprint density at radius 3 is 2.17 bits per heavy atom. The number of amides is 4. The first-order valence-electron chi connectivity index (χ1n) is 16.0. The third kappa shape index (κ3) is 7.35. The molecule has 11 nitrogen and oxygen atoms in total. The number of likely N-dealkylation sites (tertiary alicyclic amines) is 1. The van der Waals surface area contributed by atoms with Gasteiger partial charge >= 0.3 is 12.1 Å². The van der Waals surface area contributed by atoms with E-state index in [0.29, 0.717) is 25.8 Å². The molecule has 2 aromatic carbocycles. The van der Waals surface area contributed by atoms with E-state index in [0.717, 1.165) is 22.3 Å². The second-order valence-electron chi connectivity index (χ2n) is 13.0. The first kappa shape index (κ1) is 34.5. The number of likely N-dealkylation sites (N-methyl/N-ethyl adjacent to an activating group) is 1.